The van der Waals surface area contributed by atoms with Gasteiger partial charge in [0.25, 0.3) is 0 Å². The van der Waals surface area contributed by atoms with Gasteiger partial charge in [-0.05, 0) is 45.7 Å². The average molecular weight is 384 g/mol. The van der Waals surface area contributed by atoms with Crippen molar-refractivity contribution in [2.24, 2.45) is 0 Å². The molecule has 26 heavy (non-hydrogen) atoms. The molecule has 0 amide bonds. The molecule has 2 radical (unpaired) electrons. The van der Waals surface area contributed by atoms with E-state index < -0.39 is 11.7 Å². The van der Waals surface area contributed by atoms with E-state index >= 15 is 0 Å². The van der Waals surface area contributed by atoms with Crippen molar-refractivity contribution in [3.05, 3.63) is 42.0 Å². The second-order valence-corrected chi connectivity index (χ2v) is 8.44. The molecule has 6 heteroatoms. The number of rotatable bonds is 8. The molecule has 1 aromatic carbocycles. The highest BCUT2D eigenvalue weighted by molar-refractivity contribution is 6.54. The van der Waals surface area contributed by atoms with Gasteiger partial charge in [0.2, 0.25) is 0 Å². The van der Waals surface area contributed by atoms with Gasteiger partial charge in [-0.2, -0.15) is 13.2 Å². The Morgan fingerprint density at radius 1 is 1.23 bits per heavy atom. The van der Waals surface area contributed by atoms with E-state index in [-0.39, 0.29) is 0 Å². The van der Waals surface area contributed by atoms with Crippen LogP contribution in [0.5, 0.6) is 0 Å². The summed E-state index contributed by atoms with van der Waals surface area (Å²) in [5.41, 5.74) is 0.562. The van der Waals surface area contributed by atoms with Crippen LogP contribution in [-0.4, -0.2) is 46.3 Å². The summed E-state index contributed by atoms with van der Waals surface area (Å²) in [6.45, 7) is 11.4. The summed E-state index contributed by atoms with van der Waals surface area (Å²) in [6, 6.07) is 6.40. The van der Waals surface area contributed by atoms with Crippen LogP contribution < -0.4 is 5.19 Å². The molecule has 0 bridgehead atoms. The third kappa shape index (κ3) is 7.25. The Morgan fingerprint density at radius 2 is 1.92 bits per heavy atom. The standard InChI is InChI=1S/C20H28F3NOSi/c1-15(7-4-5-10-24-12-16(2)25-17(3)13-24)14-26-19-9-6-8-18(11-19)20(21,22)23/h6,8-9,11,16-17H,1,4-5,7,10,12-14H2,2-3H3. The van der Waals surface area contributed by atoms with Crippen LogP contribution >= 0.6 is 0 Å². The molecular formula is C20H28F3NOSi. The van der Waals surface area contributed by atoms with Crippen LogP contribution in [0.4, 0.5) is 13.2 Å². The van der Waals surface area contributed by atoms with E-state index in [9.17, 15) is 13.2 Å². The zero-order chi connectivity index (χ0) is 19.2. The van der Waals surface area contributed by atoms with Gasteiger partial charge in [-0.25, -0.2) is 0 Å². The lowest BCUT2D eigenvalue weighted by atomic mass is 10.1. The molecule has 1 aliphatic rings. The van der Waals surface area contributed by atoms with Crippen molar-refractivity contribution in [3.63, 3.8) is 0 Å². The summed E-state index contributed by atoms with van der Waals surface area (Å²) >= 11 is 0. The molecule has 2 nitrogen and oxygen atoms in total. The number of unbranched alkanes of at least 4 members (excludes halogenated alkanes) is 1. The molecule has 1 aliphatic heterocycles. The van der Waals surface area contributed by atoms with Gasteiger partial charge in [0, 0.05) is 13.1 Å². The van der Waals surface area contributed by atoms with Gasteiger partial charge in [-0.15, -0.1) is 6.58 Å². The summed E-state index contributed by atoms with van der Waals surface area (Å²) in [5.74, 6) is 0. The van der Waals surface area contributed by atoms with E-state index in [2.05, 4.69) is 25.3 Å². The first-order valence-corrected chi connectivity index (χ1v) is 10.4. The maximum Gasteiger partial charge on any atom is 0.416 e. The molecule has 1 heterocycles. The summed E-state index contributed by atoms with van der Waals surface area (Å²) in [5, 5.41) is 0.747. The highest BCUT2D eigenvalue weighted by Crippen LogP contribution is 2.28. The molecule has 0 saturated carbocycles. The molecule has 1 fully saturated rings. The Hall–Kier alpha value is -1.11. The second-order valence-electron chi connectivity index (χ2n) is 7.16. The van der Waals surface area contributed by atoms with Crippen molar-refractivity contribution in [1.82, 2.24) is 4.90 Å². The predicted molar refractivity (Wildman–Crippen MR) is 101 cm³/mol. The Bertz CT molecular complexity index is 581. The lowest BCUT2D eigenvalue weighted by Gasteiger charge is -2.35. The van der Waals surface area contributed by atoms with Gasteiger partial charge in [0.05, 0.1) is 27.3 Å². The highest BCUT2D eigenvalue weighted by atomic mass is 28.2. The Kier molecular flexibility index (Phi) is 7.92. The lowest BCUT2D eigenvalue weighted by molar-refractivity contribution is -0.137. The zero-order valence-corrected chi connectivity index (χ0v) is 16.6. The van der Waals surface area contributed by atoms with Crippen LogP contribution in [0, 0.1) is 0 Å². The lowest BCUT2D eigenvalue weighted by Crippen LogP contribution is -2.45. The van der Waals surface area contributed by atoms with E-state index in [0.29, 0.717) is 21.7 Å². The molecular weight excluding hydrogens is 355 g/mol. The van der Waals surface area contributed by atoms with E-state index in [1.807, 2.05) is 0 Å². The van der Waals surface area contributed by atoms with Crippen molar-refractivity contribution in [2.75, 3.05) is 19.6 Å². The van der Waals surface area contributed by atoms with Crippen molar-refractivity contribution in [1.29, 1.82) is 0 Å². The van der Waals surface area contributed by atoms with Crippen LogP contribution in [0.2, 0.25) is 6.04 Å². The average Bonchev–Trinajstić information content (AvgIpc) is 2.55. The fourth-order valence-electron chi connectivity index (χ4n) is 3.30. The first kappa shape index (κ1) is 21.2. The number of morpholine rings is 1. The number of benzene rings is 1. The summed E-state index contributed by atoms with van der Waals surface area (Å²) in [4.78, 5) is 2.45. The number of hydrogen-bond donors (Lipinski definition) is 0. The predicted octanol–water partition coefficient (Wildman–Crippen LogP) is 4.29. The minimum absolute atomic E-state index is 0.294. The number of ether oxygens (including phenoxy) is 1. The Labute approximate surface area is 157 Å². The highest BCUT2D eigenvalue weighted by Gasteiger charge is 2.30. The molecule has 0 aromatic heterocycles. The minimum atomic E-state index is -4.27. The maximum atomic E-state index is 12.7. The van der Waals surface area contributed by atoms with Crippen LogP contribution in [-0.2, 0) is 10.9 Å². The third-order valence-corrected chi connectivity index (χ3v) is 5.88. The molecule has 2 atom stereocenters. The molecule has 144 valence electrons. The smallest absolute Gasteiger partial charge is 0.373 e. The SMILES string of the molecule is C=C(CCCCN1CC(C)OC(C)C1)C[Si]c1cccc(C(F)(F)F)c1. The fraction of sp³-hybridized carbons (Fsp3) is 0.600. The third-order valence-electron chi connectivity index (χ3n) is 4.48. The molecule has 0 N–H and O–H groups in total. The number of alkyl halides is 3. The quantitative estimate of drug-likeness (QED) is 0.377. The van der Waals surface area contributed by atoms with Crippen LogP contribution in [0.25, 0.3) is 0 Å². The molecule has 0 aliphatic carbocycles. The van der Waals surface area contributed by atoms with E-state index in [1.165, 1.54) is 12.1 Å². The summed E-state index contributed by atoms with van der Waals surface area (Å²) in [6.07, 6.45) is -0.547. The van der Waals surface area contributed by atoms with Crippen molar-refractivity contribution in [3.8, 4) is 0 Å². The number of hydrogen-bond acceptors (Lipinski definition) is 2. The van der Waals surface area contributed by atoms with Gasteiger partial charge in [-0.1, -0.05) is 35.0 Å². The number of halogens is 3. The summed E-state index contributed by atoms with van der Waals surface area (Å²) < 4.78 is 44.0. The van der Waals surface area contributed by atoms with Gasteiger partial charge in [0.15, 0.2) is 0 Å². The molecule has 2 unspecified atom stereocenters. The molecule has 1 saturated heterocycles. The van der Waals surface area contributed by atoms with Crippen LogP contribution in [0.15, 0.2) is 36.4 Å². The first-order valence-electron chi connectivity index (χ1n) is 9.19. The summed E-state index contributed by atoms with van der Waals surface area (Å²) in [7, 11) is 0.343. The van der Waals surface area contributed by atoms with Crippen molar-refractivity contribution < 1.29 is 17.9 Å². The Morgan fingerprint density at radius 3 is 2.58 bits per heavy atom. The zero-order valence-electron chi connectivity index (χ0n) is 15.6. The van der Waals surface area contributed by atoms with Gasteiger partial charge in [-0.3, -0.25) is 4.90 Å². The fourth-order valence-corrected chi connectivity index (χ4v) is 4.40. The van der Waals surface area contributed by atoms with E-state index in [0.717, 1.165) is 61.8 Å². The van der Waals surface area contributed by atoms with Crippen LogP contribution in [0.3, 0.4) is 0 Å². The normalized spacial score (nSPS) is 21.7. The van der Waals surface area contributed by atoms with Gasteiger partial charge < -0.3 is 4.74 Å². The number of nitrogens with zero attached hydrogens (tertiary/aromatic N) is 1. The van der Waals surface area contributed by atoms with Gasteiger partial charge in [0.1, 0.15) is 0 Å². The van der Waals surface area contributed by atoms with Gasteiger partial charge >= 0.3 is 6.18 Å². The van der Waals surface area contributed by atoms with Crippen molar-refractivity contribution in [2.45, 2.75) is 57.5 Å². The second kappa shape index (κ2) is 9.72. The largest absolute Gasteiger partial charge is 0.416 e. The molecule has 1 aromatic rings. The monoisotopic (exact) mass is 383 g/mol. The van der Waals surface area contributed by atoms with Crippen molar-refractivity contribution >= 4 is 14.7 Å². The van der Waals surface area contributed by atoms with E-state index in [1.54, 1.807) is 6.07 Å². The van der Waals surface area contributed by atoms with Crippen LogP contribution in [0.1, 0.15) is 38.7 Å². The number of allylic oxidation sites excluding steroid dienone is 1. The molecule has 0 spiro atoms. The maximum absolute atomic E-state index is 12.7. The minimum Gasteiger partial charge on any atom is -0.373 e. The first-order chi connectivity index (χ1) is 12.2. The topological polar surface area (TPSA) is 12.5 Å². The molecule has 2 rings (SSSR count). The van der Waals surface area contributed by atoms with E-state index in [4.69, 9.17) is 4.74 Å². The Balaban J connectivity index is 1.65.